The predicted molar refractivity (Wildman–Crippen MR) is 81.0 cm³/mol. The molecule has 3 heteroatoms. The first-order valence-electron chi connectivity index (χ1n) is 7.40. The second-order valence-corrected chi connectivity index (χ2v) is 8.70. The summed E-state index contributed by atoms with van der Waals surface area (Å²) in [7, 11) is -0.749. The van der Waals surface area contributed by atoms with Crippen LogP contribution in [0.1, 0.15) is 60.3 Å². The van der Waals surface area contributed by atoms with E-state index in [0.717, 1.165) is 18.6 Å². The first-order chi connectivity index (χ1) is 8.27. The van der Waals surface area contributed by atoms with Crippen molar-refractivity contribution in [2.75, 3.05) is 5.75 Å². The Morgan fingerprint density at radius 1 is 1.33 bits per heavy atom. The standard InChI is InChI=1S/C15H31NOS/c1-6-15(4,5)12-7-8-13(16)14(9-12)18(17)10-11(2)3/h11-14H,6-10,16H2,1-5H3. The Hall–Kier alpha value is 0.110. The van der Waals surface area contributed by atoms with E-state index in [4.69, 9.17) is 5.73 Å². The molecule has 0 aliphatic heterocycles. The minimum atomic E-state index is -0.749. The SMILES string of the molecule is CCC(C)(C)C1CCC(N)C(S(=O)CC(C)C)C1. The number of rotatable bonds is 5. The molecule has 0 amide bonds. The smallest absolute Gasteiger partial charge is 0.0501 e. The molecule has 18 heavy (non-hydrogen) atoms. The second-order valence-electron chi connectivity index (χ2n) is 7.00. The van der Waals surface area contributed by atoms with Crippen LogP contribution < -0.4 is 5.73 Å². The summed E-state index contributed by atoms with van der Waals surface area (Å²) < 4.78 is 12.4. The van der Waals surface area contributed by atoms with Crippen LogP contribution in [0.4, 0.5) is 0 Å². The first-order valence-corrected chi connectivity index (χ1v) is 8.79. The van der Waals surface area contributed by atoms with Gasteiger partial charge in [-0.25, -0.2) is 0 Å². The van der Waals surface area contributed by atoms with Crippen LogP contribution in [-0.4, -0.2) is 21.3 Å². The number of nitrogens with two attached hydrogens (primary N) is 1. The molecular weight excluding hydrogens is 242 g/mol. The molecular formula is C15H31NOS. The summed E-state index contributed by atoms with van der Waals surface area (Å²) >= 11 is 0. The Morgan fingerprint density at radius 2 is 1.94 bits per heavy atom. The van der Waals surface area contributed by atoms with Gasteiger partial charge in [0, 0.05) is 22.6 Å². The highest BCUT2D eigenvalue weighted by Gasteiger charge is 2.38. The van der Waals surface area contributed by atoms with E-state index in [1.54, 1.807) is 0 Å². The topological polar surface area (TPSA) is 43.1 Å². The van der Waals surface area contributed by atoms with E-state index in [-0.39, 0.29) is 11.3 Å². The van der Waals surface area contributed by atoms with Crippen molar-refractivity contribution < 1.29 is 4.21 Å². The maximum atomic E-state index is 12.4. The Balaban J connectivity index is 2.70. The molecule has 0 heterocycles. The molecule has 0 bridgehead atoms. The summed E-state index contributed by atoms with van der Waals surface area (Å²) in [6.07, 6.45) is 4.50. The van der Waals surface area contributed by atoms with Crippen molar-refractivity contribution in [1.29, 1.82) is 0 Å². The second kappa shape index (κ2) is 6.51. The summed E-state index contributed by atoms with van der Waals surface area (Å²) in [4.78, 5) is 0. The monoisotopic (exact) mass is 273 g/mol. The lowest BCUT2D eigenvalue weighted by atomic mass is 9.69. The van der Waals surface area contributed by atoms with E-state index >= 15 is 0 Å². The highest BCUT2D eigenvalue weighted by Crippen LogP contribution is 2.41. The molecule has 2 nitrogen and oxygen atoms in total. The molecule has 0 aromatic carbocycles. The maximum Gasteiger partial charge on any atom is 0.0501 e. The van der Waals surface area contributed by atoms with Crippen molar-refractivity contribution in [3.63, 3.8) is 0 Å². The normalized spacial score (nSPS) is 31.6. The van der Waals surface area contributed by atoms with Crippen molar-refractivity contribution in [3.05, 3.63) is 0 Å². The third-order valence-corrected chi connectivity index (χ3v) is 6.91. The summed E-state index contributed by atoms with van der Waals surface area (Å²) in [6.45, 7) is 11.2. The van der Waals surface area contributed by atoms with Crippen LogP contribution >= 0.6 is 0 Å². The van der Waals surface area contributed by atoms with Gasteiger partial charge in [0.1, 0.15) is 0 Å². The molecule has 0 saturated heterocycles. The van der Waals surface area contributed by atoms with E-state index < -0.39 is 10.8 Å². The molecule has 0 aromatic heterocycles. The zero-order chi connectivity index (χ0) is 13.9. The zero-order valence-corrected chi connectivity index (χ0v) is 13.6. The van der Waals surface area contributed by atoms with Gasteiger partial charge in [-0.2, -0.15) is 0 Å². The van der Waals surface area contributed by atoms with E-state index in [2.05, 4.69) is 34.6 Å². The minimum absolute atomic E-state index is 0.147. The van der Waals surface area contributed by atoms with Crippen molar-refractivity contribution >= 4 is 10.8 Å². The van der Waals surface area contributed by atoms with Gasteiger partial charge in [-0.15, -0.1) is 0 Å². The van der Waals surface area contributed by atoms with E-state index in [9.17, 15) is 4.21 Å². The van der Waals surface area contributed by atoms with Crippen LogP contribution in [0.5, 0.6) is 0 Å². The highest BCUT2D eigenvalue weighted by molar-refractivity contribution is 7.85. The van der Waals surface area contributed by atoms with Crippen LogP contribution in [0.25, 0.3) is 0 Å². The van der Waals surface area contributed by atoms with Crippen molar-refractivity contribution in [1.82, 2.24) is 0 Å². The molecule has 1 aliphatic rings. The van der Waals surface area contributed by atoms with Gasteiger partial charge in [0.2, 0.25) is 0 Å². The highest BCUT2D eigenvalue weighted by atomic mass is 32.2. The van der Waals surface area contributed by atoms with Gasteiger partial charge in [0.25, 0.3) is 0 Å². The molecule has 4 atom stereocenters. The Labute approximate surface area is 116 Å². The summed E-state index contributed by atoms with van der Waals surface area (Å²) in [5, 5.41) is 0.219. The van der Waals surface area contributed by atoms with E-state index in [1.807, 2.05) is 0 Å². The molecule has 1 rings (SSSR count). The predicted octanol–water partition coefficient (Wildman–Crippen LogP) is 3.32. The molecule has 1 saturated carbocycles. The van der Waals surface area contributed by atoms with Gasteiger partial charge < -0.3 is 5.73 Å². The Bertz CT molecular complexity index is 288. The Morgan fingerprint density at radius 3 is 2.44 bits per heavy atom. The lowest BCUT2D eigenvalue weighted by Gasteiger charge is -2.41. The van der Waals surface area contributed by atoms with E-state index in [1.165, 1.54) is 12.8 Å². The summed E-state index contributed by atoms with van der Waals surface area (Å²) in [5.41, 5.74) is 6.57. The van der Waals surface area contributed by atoms with Gasteiger partial charge >= 0.3 is 0 Å². The van der Waals surface area contributed by atoms with Crippen LogP contribution in [0.2, 0.25) is 0 Å². The van der Waals surface area contributed by atoms with Crippen LogP contribution in [0, 0.1) is 17.3 Å². The maximum absolute atomic E-state index is 12.4. The summed E-state index contributed by atoms with van der Waals surface area (Å²) in [5.74, 6) is 1.98. The van der Waals surface area contributed by atoms with Gasteiger partial charge in [0.05, 0.1) is 5.25 Å². The number of hydrogen-bond donors (Lipinski definition) is 1. The zero-order valence-electron chi connectivity index (χ0n) is 12.7. The molecule has 1 aliphatic carbocycles. The third-order valence-electron chi connectivity index (χ3n) is 4.69. The Kier molecular flexibility index (Phi) is 5.85. The largest absolute Gasteiger partial charge is 0.327 e. The molecule has 0 aromatic rings. The average molecular weight is 273 g/mol. The van der Waals surface area contributed by atoms with Gasteiger partial charge in [-0.3, -0.25) is 4.21 Å². The van der Waals surface area contributed by atoms with E-state index in [0.29, 0.717) is 17.3 Å². The molecule has 0 radical (unpaired) electrons. The fourth-order valence-electron chi connectivity index (χ4n) is 2.91. The quantitative estimate of drug-likeness (QED) is 0.835. The molecule has 2 N–H and O–H groups in total. The van der Waals surface area contributed by atoms with Crippen molar-refractivity contribution in [3.8, 4) is 0 Å². The fraction of sp³-hybridized carbons (Fsp3) is 1.00. The van der Waals surface area contributed by atoms with Gasteiger partial charge in [-0.05, 0) is 36.5 Å². The van der Waals surface area contributed by atoms with Crippen LogP contribution in [0.3, 0.4) is 0 Å². The van der Waals surface area contributed by atoms with Crippen molar-refractivity contribution in [2.24, 2.45) is 23.0 Å². The van der Waals surface area contributed by atoms with Gasteiger partial charge in [-0.1, -0.05) is 41.0 Å². The first kappa shape index (κ1) is 16.2. The average Bonchev–Trinajstić information content (AvgIpc) is 2.28. The summed E-state index contributed by atoms with van der Waals surface area (Å²) in [6, 6.07) is 0.147. The molecule has 108 valence electrons. The van der Waals surface area contributed by atoms with Gasteiger partial charge in [0.15, 0.2) is 0 Å². The number of hydrogen-bond acceptors (Lipinski definition) is 2. The molecule has 0 spiro atoms. The van der Waals surface area contributed by atoms with Crippen LogP contribution in [-0.2, 0) is 10.8 Å². The molecule has 4 unspecified atom stereocenters. The third kappa shape index (κ3) is 4.06. The minimum Gasteiger partial charge on any atom is -0.327 e. The fourth-order valence-corrected chi connectivity index (χ4v) is 4.78. The lowest BCUT2D eigenvalue weighted by Crippen LogP contribution is -2.46. The molecule has 1 fully saturated rings. The lowest BCUT2D eigenvalue weighted by molar-refractivity contribution is 0.147. The van der Waals surface area contributed by atoms with Crippen molar-refractivity contribution in [2.45, 2.75) is 71.6 Å². The van der Waals surface area contributed by atoms with Crippen LogP contribution in [0.15, 0.2) is 0 Å².